The number of thiophene rings is 1. The Hall–Kier alpha value is -4.68. The second kappa shape index (κ2) is 10.9. The quantitative estimate of drug-likeness (QED) is 0.276. The maximum Gasteiger partial charge on any atom is 0.407 e. The fraction of sp³-hybridized carbons (Fsp3) is 0.258. The van der Waals surface area contributed by atoms with E-state index in [-0.39, 0.29) is 17.8 Å². The number of fused-ring (bicyclic) bond motifs is 4. The molecule has 4 aromatic rings. The van der Waals surface area contributed by atoms with Crippen molar-refractivity contribution >= 4 is 50.7 Å². The second-order valence-electron chi connectivity index (χ2n) is 10.9. The zero-order valence-corrected chi connectivity index (χ0v) is 23.7. The van der Waals surface area contributed by atoms with Gasteiger partial charge in [-0.05, 0) is 65.9 Å². The van der Waals surface area contributed by atoms with Crippen LogP contribution in [0.15, 0.2) is 60.7 Å². The van der Waals surface area contributed by atoms with Crippen molar-refractivity contribution < 1.29 is 33.4 Å². The summed E-state index contributed by atoms with van der Waals surface area (Å²) < 4.78 is 26.6. The van der Waals surface area contributed by atoms with Gasteiger partial charge in [-0.25, -0.2) is 9.18 Å². The van der Waals surface area contributed by atoms with E-state index >= 15 is 0 Å². The number of hydrogen-bond donors (Lipinski definition) is 3. The molecule has 43 heavy (non-hydrogen) atoms. The number of hydrogen-bond acceptors (Lipinski definition) is 7. The van der Waals surface area contributed by atoms with Crippen LogP contribution in [0.2, 0.25) is 0 Å². The summed E-state index contributed by atoms with van der Waals surface area (Å²) in [5.41, 5.74) is 1.70. The van der Waals surface area contributed by atoms with Crippen molar-refractivity contribution in [3.8, 4) is 11.5 Å². The number of halogens is 1. The first-order valence-corrected chi connectivity index (χ1v) is 14.7. The summed E-state index contributed by atoms with van der Waals surface area (Å²) >= 11 is 1.31. The summed E-state index contributed by atoms with van der Waals surface area (Å²) in [6.07, 6.45) is 0.00319. The maximum atomic E-state index is 14.7. The van der Waals surface area contributed by atoms with Crippen molar-refractivity contribution in [1.82, 2.24) is 9.80 Å². The smallest absolute Gasteiger partial charge is 0.407 e. The molecule has 3 aliphatic heterocycles. The highest BCUT2D eigenvalue weighted by Gasteiger charge is 2.45. The zero-order chi connectivity index (χ0) is 29.7. The molecule has 0 saturated carbocycles. The lowest BCUT2D eigenvalue weighted by molar-refractivity contribution is 0.1000. The average Bonchev–Trinajstić information content (AvgIpc) is 3.73. The first-order chi connectivity index (χ1) is 20.8. The van der Waals surface area contributed by atoms with Crippen LogP contribution in [-0.2, 0) is 6.54 Å². The van der Waals surface area contributed by atoms with E-state index in [1.165, 1.54) is 34.4 Å². The summed E-state index contributed by atoms with van der Waals surface area (Å²) in [4.78, 5) is 41.6. The first kappa shape index (κ1) is 27.2. The molecule has 3 aromatic carbocycles. The number of benzene rings is 3. The fourth-order valence-electron chi connectivity index (χ4n) is 5.97. The van der Waals surface area contributed by atoms with Gasteiger partial charge in [0.1, 0.15) is 19.0 Å². The van der Waals surface area contributed by atoms with E-state index < -0.39 is 23.7 Å². The molecule has 3 N–H and O–H groups in total. The lowest BCUT2D eigenvalue weighted by atomic mass is 10.1. The number of carbonyl (C=O) groups excluding carboxylic acids is 2. The number of carboxylic acid groups (broad SMARTS) is 1. The molecule has 0 spiro atoms. The summed E-state index contributed by atoms with van der Waals surface area (Å²) in [5, 5.41) is 15.6. The van der Waals surface area contributed by atoms with E-state index in [0.717, 1.165) is 28.6 Å². The minimum atomic E-state index is -0.856. The second-order valence-corrected chi connectivity index (χ2v) is 11.9. The fourth-order valence-corrected chi connectivity index (χ4v) is 6.99. The molecule has 220 valence electrons. The Morgan fingerprint density at radius 1 is 0.907 bits per heavy atom. The predicted molar refractivity (Wildman–Crippen MR) is 159 cm³/mol. The van der Waals surface area contributed by atoms with E-state index in [4.69, 9.17) is 9.47 Å². The molecule has 10 nitrogen and oxygen atoms in total. The van der Waals surface area contributed by atoms with Gasteiger partial charge in [-0.1, -0.05) is 12.1 Å². The average molecular weight is 603 g/mol. The molecule has 0 unspecified atom stereocenters. The Kier molecular flexibility index (Phi) is 6.86. The minimum Gasteiger partial charge on any atom is -0.486 e. The highest BCUT2D eigenvalue weighted by molar-refractivity contribution is 7.20. The highest BCUT2D eigenvalue weighted by atomic mass is 32.1. The number of nitrogens with one attached hydrogen (secondary N) is 2. The largest absolute Gasteiger partial charge is 0.486 e. The SMILES string of the molecule is O=C(Nc1ccc(F)c(NC(=O)c2cc3ccc(CN4C[C@@H]5C[C@H]4CN5C(=O)O)cc3s2)c1)c1ccc2c(c1)OCCO2. The van der Waals surface area contributed by atoms with Crippen LogP contribution >= 0.6 is 11.3 Å². The standard InChI is InChI=1S/C31H27FN4O6S/c32-23-5-4-20(33-29(37)19-3-6-25-26(10-19)42-8-7-41-25)12-24(23)34-30(38)28-11-18-2-1-17(9-27(18)43-28)14-35-15-22-13-21(35)16-36(22)31(39)40/h1-6,9-12,21-22H,7-8,13-16H2,(H,33,37)(H,34,38)(H,39,40)/t21-,22-/m0/s1. The van der Waals surface area contributed by atoms with E-state index in [1.807, 2.05) is 18.2 Å². The molecule has 7 rings (SSSR count). The molecule has 4 heterocycles. The number of likely N-dealkylation sites (tertiary alicyclic amines) is 2. The summed E-state index contributed by atoms with van der Waals surface area (Å²) in [6.45, 7) is 2.80. The molecule has 2 fully saturated rings. The Bertz CT molecular complexity index is 1780. The zero-order valence-electron chi connectivity index (χ0n) is 22.8. The molecule has 1 aromatic heterocycles. The summed E-state index contributed by atoms with van der Waals surface area (Å²) in [6, 6.07) is 16.9. The van der Waals surface area contributed by atoms with Gasteiger partial charge in [0.25, 0.3) is 11.8 Å². The van der Waals surface area contributed by atoms with Crippen molar-refractivity contribution in [2.24, 2.45) is 0 Å². The molecule has 3 aliphatic rings. The van der Waals surface area contributed by atoms with Gasteiger partial charge in [0.2, 0.25) is 0 Å². The third-order valence-electron chi connectivity index (χ3n) is 8.07. The number of piperazine rings is 1. The lowest BCUT2D eigenvalue weighted by Crippen LogP contribution is -2.47. The van der Waals surface area contributed by atoms with Crippen molar-refractivity contribution in [3.63, 3.8) is 0 Å². The summed E-state index contributed by atoms with van der Waals surface area (Å²) in [7, 11) is 0. The number of rotatable bonds is 6. The number of carbonyl (C=O) groups is 3. The normalized spacial score (nSPS) is 19.0. The van der Waals surface area contributed by atoms with E-state index in [9.17, 15) is 23.9 Å². The van der Waals surface area contributed by atoms with Crippen molar-refractivity contribution in [2.75, 3.05) is 36.9 Å². The molecule has 2 bridgehead atoms. The van der Waals surface area contributed by atoms with Gasteiger partial charge >= 0.3 is 6.09 Å². The molecular formula is C31H27FN4O6S. The van der Waals surface area contributed by atoms with Gasteiger partial charge < -0.3 is 30.1 Å². The monoisotopic (exact) mass is 602 g/mol. The topological polar surface area (TPSA) is 120 Å². The van der Waals surface area contributed by atoms with Crippen LogP contribution in [0.1, 0.15) is 32.0 Å². The number of anilines is 2. The third-order valence-corrected chi connectivity index (χ3v) is 9.17. The van der Waals surface area contributed by atoms with E-state index in [1.54, 1.807) is 24.3 Å². The number of ether oxygens (including phenoxy) is 2. The van der Waals surface area contributed by atoms with Gasteiger partial charge in [0.05, 0.1) is 10.6 Å². The van der Waals surface area contributed by atoms with Gasteiger partial charge in [-0.15, -0.1) is 11.3 Å². The Morgan fingerprint density at radius 2 is 1.74 bits per heavy atom. The Morgan fingerprint density at radius 3 is 2.53 bits per heavy atom. The highest BCUT2D eigenvalue weighted by Crippen LogP contribution is 2.34. The lowest BCUT2D eigenvalue weighted by Gasteiger charge is -2.32. The molecule has 2 atom stereocenters. The molecule has 0 aliphatic carbocycles. The Labute approximate surface area is 249 Å². The number of nitrogens with zero attached hydrogens (tertiary/aromatic N) is 2. The Balaban J connectivity index is 1.02. The van der Waals surface area contributed by atoms with Crippen molar-refractivity contribution in [2.45, 2.75) is 25.0 Å². The first-order valence-electron chi connectivity index (χ1n) is 13.9. The molecular weight excluding hydrogens is 575 g/mol. The van der Waals surface area contributed by atoms with E-state index in [0.29, 0.717) is 53.9 Å². The maximum absolute atomic E-state index is 14.7. The molecule has 2 saturated heterocycles. The van der Waals surface area contributed by atoms with Crippen molar-refractivity contribution in [1.29, 1.82) is 0 Å². The number of amides is 3. The molecule has 12 heteroatoms. The van der Waals surface area contributed by atoms with Crippen molar-refractivity contribution in [3.05, 3.63) is 82.5 Å². The van der Waals surface area contributed by atoms with Gasteiger partial charge in [0.15, 0.2) is 11.5 Å². The van der Waals surface area contributed by atoms with Crippen LogP contribution in [-0.4, -0.2) is 71.2 Å². The third kappa shape index (κ3) is 5.35. The van der Waals surface area contributed by atoms with Gasteiger partial charge in [0, 0.05) is 47.7 Å². The van der Waals surface area contributed by atoms with Crippen LogP contribution in [0.3, 0.4) is 0 Å². The molecule has 3 amide bonds. The van der Waals surface area contributed by atoms with Crippen LogP contribution < -0.4 is 20.1 Å². The molecule has 0 radical (unpaired) electrons. The predicted octanol–water partition coefficient (Wildman–Crippen LogP) is 5.25. The van der Waals surface area contributed by atoms with E-state index in [2.05, 4.69) is 15.5 Å². The van der Waals surface area contributed by atoms with Crippen LogP contribution in [0, 0.1) is 5.82 Å². The summed E-state index contributed by atoms with van der Waals surface area (Å²) in [5.74, 6) is -0.448. The van der Waals surface area contributed by atoms with Crippen LogP contribution in [0.25, 0.3) is 10.1 Å². The van der Waals surface area contributed by atoms with Crippen LogP contribution in [0.5, 0.6) is 11.5 Å². The van der Waals surface area contributed by atoms with Gasteiger partial charge in [-0.2, -0.15) is 0 Å². The minimum absolute atomic E-state index is 0.0452. The van der Waals surface area contributed by atoms with Crippen LogP contribution in [0.4, 0.5) is 20.6 Å². The van der Waals surface area contributed by atoms with Gasteiger partial charge in [-0.3, -0.25) is 14.5 Å².